The molecule has 8 heteroatoms. The van der Waals surface area contributed by atoms with E-state index in [1.807, 2.05) is 50.6 Å². The van der Waals surface area contributed by atoms with Crippen LogP contribution in [0.3, 0.4) is 0 Å². The summed E-state index contributed by atoms with van der Waals surface area (Å²) in [5.41, 5.74) is 4.60. The minimum absolute atomic E-state index is 0.106. The molecular weight excluding hydrogens is 437 g/mol. The van der Waals surface area contributed by atoms with Crippen molar-refractivity contribution in [3.8, 4) is 5.69 Å². The van der Waals surface area contributed by atoms with Crippen molar-refractivity contribution >= 4 is 23.3 Å². The first-order valence-electron chi connectivity index (χ1n) is 9.93. The van der Waals surface area contributed by atoms with Crippen LogP contribution in [0.1, 0.15) is 41.3 Å². The van der Waals surface area contributed by atoms with E-state index >= 15 is 0 Å². The fourth-order valence-corrected chi connectivity index (χ4v) is 4.10. The first-order chi connectivity index (χ1) is 15.0. The number of carboxylic acids is 1. The van der Waals surface area contributed by atoms with Crippen molar-refractivity contribution in [1.29, 1.82) is 0 Å². The van der Waals surface area contributed by atoms with Crippen LogP contribution in [-0.4, -0.2) is 20.9 Å². The Bertz CT molecular complexity index is 1150. The Hall–Kier alpha value is -3.00. The number of aromatic nitrogens is 2. The van der Waals surface area contributed by atoms with Crippen LogP contribution in [0.25, 0.3) is 11.3 Å². The van der Waals surface area contributed by atoms with Gasteiger partial charge >= 0.3 is 12.1 Å². The molecule has 2 aromatic carbocycles. The fourth-order valence-electron chi connectivity index (χ4n) is 3.27. The summed E-state index contributed by atoms with van der Waals surface area (Å²) in [5.74, 6) is -0.811. The lowest BCUT2D eigenvalue weighted by atomic mass is 10.0. The number of carbonyl (C=O) groups is 1. The molecule has 1 heterocycles. The van der Waals surface area contributed by atoms with Crippen molar-refractivity contribution in [2.24, 2.45) is 0 Å². The molecule has 1 aromatic heterocycles. The predicted molar refractivity (Wildman–Crippen MR) is 120 cm³/mol. The third-order valence-corrected chi connectivity index (χ3v) is 6.07. The predicted octanol–water partition coefficient (Wildman–Crippen LogP) is 6.68. The third kappa shape index (κ3) is 5.82. The zero-order chi connectivity index (χ0) is 23.5. The number of hydrogen-bond acceptors (Lipinski definition) is 3. The van der Waals surface area contributed by atoms with Gasteiger partial charge < -0.3 is 5.11 Å². The zero-order valence-corrected chi connectivity index (χ0v) is 18.7. The molecule has 0 spiro atoms. The van der Waals surface area contributed by atoms with Crippen LogP contribution in [0, 0.1) is 13.8 Å². The second-order valence-electron chi connectivity index (χ2n) is 7.52. The van der Waals surface area contributed by atoms with Gasteiger partial charge in [-0.2, -0.15) is 18.3 Å². The molecule has 1 N–H and O–H groups in total. The van der Waals surface area contributed by atoms with E-state index in [1.165, 1.54) is 12.1 Å². The normalized spacial score (nSPS) is 12.2. The number of aryl methyl sites for hydroxylation is 3. The summed E-state index contributed by atoms with van der Waals surface area (Å²) in [6, 6.07) is 10.9. The second kappa shape index (κ2) is 9.65. The molecule has 3 aromatic rings. The maximum Gasteiger partial charge on any atom is 0.416 e. The molecule has 0 fully saturated rings. The van der Waals surface area contributed by atoms with Crippen molar-refractivity contribution in [2.75, 3.05) is 0 Å². The van der Waals surface area contributed by atoms with Gasteiger partial charge in [0, 0.05) is 23.1 Å². The summed E-state index contributed by atoms with van der Waals surface area (Å²) in [7, 11) is 0. The molecular formula is C24H23F3N2O2S. The highest BCUT2D eigenvalue weighted by molar-refractivity contribution is 8.02. The van der Waals surface area contributed by atoms with Crippen LogP contribution >= 0.6 is 11.8 Å². The minimum atomic E-state index is -4.37. The molecule has 0 aliphatic rings. The first-order valence-corrected chi connectivity index (χ1v) is 10.8. The Morgan fingerprint density at radius 1 is 1.16 bits per heavy atom. The molecule has 0 amide bonds. The Balaban J connectivity index is 1.74. The van der Waals surface area contributed by atoms with Crippen molar-refractivity contribution in [3.63, 3.8) is 0 Å². The standard InChI is InChI=1S/C24H23F3N2O2S/c1-15-12-21(10-4-18(15)5-11-23(30)31)32-14-16(2)22-13-29(28-17(22)3)20-8-6-19(7-9-20)24(25,26)27/h4,6-10,12-14H,5,11H2,1-3H3,(H,30,31)/b16-14+. The molecule has 0 atom stereocenters. The highest BCUT2D eigenvalue weighted by Gasteiger charge is 2.30. The van der Waals surface area contributed by atoms with Gasteiger partial charge in [0.15, 0.2) is 0 Å². The molecule has 0 aliphatic carbocycles. The summed E-state index contributed by atoms with van der Waals surface area (Å²) >= 11 is 1.55. The van der Waals surface area contributed by atoms with Crippen LogP contribution in [0.15, 0.2) is 59.0 Å². The van der Waals surface area contributed by atoms with E-state index < -0.39 is 17.7 Å². The largest absolute Gasteiger partial charge is 0.481 e. The SMILES string of the molecule is C/C(=C\Sc1ccc(CCC(=O)O)c(C)c1)c1cn(-c2ccc(C(F)(F)F)cc2)nc1C. The number of carboxylic acid groups (broad SMARTS) is 1. The van der Waals surface area contributed by atoms with Gasteiger partial charge in [-0.15, -0.1) is 0 Å². The van der Waals surface area contributed by atoms with Crippen molar-refractivity contribution in [1.82, 2.24) is 9.78 Å². The molecule has 0 saturated heterocycles. The smallest absolute Gasteiger partial charge is 0.416 e. The lowest BCUT2D eigenvalue weighted by Crippen LogP contribution is -2.05. The Morgan fingerprint density at radius 3 is 2.44 bits per heavy atom. The second-order valence-corrected chi connectivity index (χ2v) is 8.46. The summed E-state index contributed by atoms with van der Waals surface area (Å²) in [5, 5.41) is 15.3. The molecule has 3 rings (SSSR count). The van der Waals surface area contributed by atoms with Gasteiger partial charge in [0.1, 0.15) is 0 Å². The Morgan fingerprint density at radius 2 is 1.84 bits per heavy atom. The number of nitrogens with zero attached hydrogens (tertiary/aromatic N) is 2. The molecule has 0 aliphatic heterocycles. The van der Waals surface area contributed by atoms with Gasteiger partial charge in [-0.3, -0.25) is 4.79 Å². The Kier molecular flexibility index (Phi) is 7.13. The molecule has 32 heavy (non-hydrogen) atoms. The van der Waals surface area contributed by atoms with Gasteiger partial charge in [0.05, 0.1) is 16.9 Å². The van der Waals surface area contributed by atoms with Crippen LogP contribution in [-0.2, 0) is 17.4 Å². The topological polar surface area (TPSA) is 55.1 Å². The highest BCUT2D eigenvalue weighted by atomic mass is 32.2. The van der Waals surface area contributed by atoms with E-state index in [2.05, 4.69) is 5.10 Å². The van der Waals surface area contributed by atoms with Crippen molar-refractivity contribution < 1.29 is 23.1 Å². The molecule has 0 bridgehead atoms. The van der Waals surface area contributed by atoms with E-state index in [1.54, 1.807) is 16.4 Å². The van der Waals surface area contributed by atoms with E-state index in [0.717, 1.165) is 45.0 Å². The molecule has 168 valence electrons. The van der Waals surface area contributed by atoms with Gasteiger partial charge in [-0.1, -0.05) is 17.8 Å². The summed E-state index contributed by atoms with van der Waals surface area (Å²) in [4.78, 5) is 11.8. The zero-order valence-electron chi connectivity index (χ0n) is 17.9. The number of benzene rings is 2. The molecule has 0 unspecified atom stereocenters. The number of aliphatic carboxylic acids is 1. The molecule has 0 radical (unpaired) electrons. The minimum Gasteiger partial charge on any atom is -0.481 e. The quantitative estimate of drug-likeness (QED) is 0.400. The van der Waals surface area contributed by atoms with E-state index in [4.69, 9.17) is 5.11 Å². The van der Waals surface area contributed by atoms with Gasteiger partial charge in [-0.25, -0.2) is 4.68 Å². The Labute approximate surface area is 188 Å². The first kappa shape index (κ1) is 23.7. The van der Waals surface area contributed by atoms with E-state index in [9.17, 15) is 18.0 Å². The van der Waals surface area contributed by atoms with Crippen molar-refractivity contribution in [2.45, 2.75) is 44.7 Å². The van der Waals surface area contributed by atoms with E-state index in [-0.39, 0.29) is 6.42 Å². The van der Waals surface area contributed by atoms with Gasteiger partial charge in [0.25, 0.3) is 0 Å². The van der Waals surface area contributed by atoms with Gasteiger partial charge in [0.2, 0.25) is 0 Å². The maximum absolute atomic E-state index is 12.8. The lowest BCUT2D eigenvalue weighted by Gasteiger charge is -2.07. The van der Waals surface area contributed by atoms with Crippen molar-refractivity contribution in [3.05, 3.63) is 82.0 Å². The number of rotatable bonds is 7. The number of allylic oxidation sites excluding steroid dienone is 1. The number of halogens is 3. The lowest BCUT2D eigenvalue weighted by molar-refractivity contribution is -0.138. The highest BCUT2D eigenvalue weighted by Crippen LogP contribution is 2.31. The maximum atomic E-state index is 12.8. The molecule has 4 nitrogen and oxygen atoms in total. The number of hydrogen-bond donors (Lipinski definition) is 1. The average molecular weight is 461 g/mol. The van der Waals surface area contributed by atoms with Crippen LogP contribution in [0.5, 0.6) is 0 Å². The summed E-state index contributed by atoms with van der Waals surface area (Å²) < 4.78 is 39.9. The summed E-state index contributed by atoms with van der Waals surface area (Å²) in [6.45, 7) is 5.79. The van der Waals surface area contributed by atoms with E-state index in [0.29, 0.717) is 12.1 Å². The molecule has 0 saturated carbocycles. The average Bonchev–Trinajstić information content (AvgIpc) is 3.12. The summed E-state index contributed by atoms with van der Waals surface area (Å²) in [6.07, 6.45) is -1.95. The van der Waals surface area contributed by atoms with Gasteiger partial charge in [-0.05, 0) is 85.7 Å². The van der Waals surface area contributed by atoms with Crippen LogP contribution in [0.2, 0.25) is 0 Å². The third-order valence-electron chi connectivity index (χ3n) is 5.08. The number of alkyl halides is 3. The van der Waals surface area contributed by atoms with Crippen LogP contribution < -0.4 is 0 Å². The fraction of sp³-hybridized carbons (Fsp3) is 0.250. The number of thioether (sulfide) groups is 1. The monoisotopic (exact) mass is 460 g/mol. The van der Waals surface area contributed by atoms with Crippen LogP contribution in [0.4, 0.5) is 13.2 Å².